The van der Waals surface area contributed by atoms with Gasteiger partial charge in [-0.1, -0.05) is 91.0 Å². The quantitative estimate of drug-likeness (QED) is 0.0666. The van der Waals surface area contributed by atoms with Gasteiger partial charge in [-0.2, -0.15) is 9.91 Å². The lowest BCUT2D eigenvalue weighted by Crippen LogP contribution is -2.57. The fraction of sp³-hybridized carbons (Fsp3) is 0.395. The van der Waals surface area contributed by atoms with Crippen molar-refractivity contribution in [2.24, 2.45) is 0 Å². The molecule has 0 aliphatic carbocycles. The van der Waals surface area contributed by atoms with Crippen molar-refractivity contribution in [1.82, 2.24) is 9.55 Å². The number of hydrogen-bond donors (Lipinski definition) is 3. The minimum absolute atomic E-state index is 0.0272. The number of aromatic nitrogens is 2. The lowest BCUT2D eigenvalue weighted by atomic mass is 9.64. The Bertz CT molecular complexity index is 1760. The summed E-state index contributed by atoms with van der Waals surface area (Å²) in [5.74, 6) is 0. The molecule has 11 nitrogen and oxygen atoms in total. The van der Waals surface area contributed by atoms with Crippen LogP contribution >= 0.6 is 8.60 Å². The number of quaternary nitrogens is 1. The number of hydroxylamine groups is 3. The van der Waals surface area contributed by atoms with Gasteiger partial charge in [0.05, 0.1) is 24.0 Å². The number of nitrogens with one attached hydrogen (secondary N) is 1. The first-order valence-electron chi connectivity index (χ1n) is 16.9. The van der Waals surface area contributed by atoms with Gasteiger partial charge in [0, 0.05) is 18.2 Å². The first-order valence-corrected chi connectivity index (χ1v) is 18.0. The van der Waals surface area contributed by atoms with Gasteiger partial charge in [0.15, 0.2) is 0 Å². The van der Waals surface area contributed by atoms with E-state index in [0.717, 1.165) is 16.7 Å². The molecule has 1 aliphatic heterocycles. The topological polar surface area (TPSA) is 147 Å². The van der Waals surface area contributed by atoms with Crippen LogP contribution in [0.1, 0.15) is 69.0 Å². The van der Waals surface area contributed by atoms with Crippen LogP contribution in [0.15, 0.2) is 107 Å². The summed E-state index contributed by atoms with van der Waals surface area (Å²) in [5, 5.41) is 22.4. The number of ether oxygens (including phenoxy) is 1. The van der Waals surface area contributed by atoms with E-state index >= 15 is 0 Å². The highest BCUT2D eigenvalue weighted by molar-refractivity contribution is 7.40. The fourth-order valence-corrected chi connectivity index (χ4v) is 8.41. The summed E-state index contributed by atoms with van der Waals surface area (Å²) < 4.78 is 20.6. The molecule has 0 bridgehead atoms. The summed E-state index contributed by atoms with van der Waals surface area (Å²) >= 11 is 0. The third kappa shape index (κ3) is 7.25. The summed E-state index contributed by atoms with van der Waals surface area (Å²) in [5.41, 5.74) is 0.313. The molecule has 1 unspecified atom stereocenters. The minimum Gasteiger partial charge on any atom is -0.389 e. The molecule has 50 heavy (non-hydrogen) atoms. The van der Waals surface area contributed by atoms with Gasteiger partial charge < -0.3 is 19.3 Å². The predicted molar refractivity (Wildman–Crippen MR) is 191 cm³/mol. The van der Waals surface area contributed by atoms with Crippen molar-refractivity contribution in [3.8, 4) is 6.07 Å². The molecule has 0 radical (unpaired) electrons. The van der Waals surface area contributed by atoms with Gasteiger partial charge in [0.2, 0.25) is 0 Å². The number of nitriles is 1. The van der Waals surface area contributed by atoms with E-state index in [1.54, 1.807) is 6.92 Å². The van der Waals surface area contributed by atoms with E-state index in [1.807, 2.05) is 119 Å². The molecule has 12 heteroatoms. The highest BCUT2D eigenvalue weighted by Gasteiger charge is 2.54. The van der Waals surface area contributed by atoms with Crippen molar-refractivity contribution < 1.29 is 28.5 Å². The van der Waals surface area contributed by atoms with Crippen molar-refractivity contribution >= 4 is 8.60 Å². The molecular formula is C38H46N4O7P+. The van der Waals surface area contributed by atoms with Gasteiger partial charge in [-0.05, 0) is 51.3 Å². The van der Waals surface area contributed by atoms with Crippen molar-refractivity contribution in [2.75, 3.05) is 6.54 Å². The Morgan fingerprint density at radius 2 is 1.46 bits per heavy atom. The predicted octanol–water partition coefficient (Wildman–Crippen LogP) is 5.61. The Kier molecular flexibility index (Phi) is 11.9. The van der Waals surface area contributed by atoms with Crippen LogP contribution in [0.2, 0.25) is 0 Å². The Hall–Kier alpha value is -3.98. The number of rotatable bonds is 14. The van der Waals surface area contributed by atoms with Crippen LogP contribution < -0.4 is 11.2 Å². The van der Waals surface area contributed by atoms with Gasteiger partial charge in [-0.15, -0.1) is 4.62 Å². The second-order valence-corrected chi connectivity index (χ2v) is 14.1. The third-order valence-electron chi connectivity index (χ3n) is 9.78. The van der Waals surface area contributed by atoms with E-state index in [-0.39, 0.29) is 29.6 Å². The second kappa shape index (κ2) is 15.9. The lowest BCUT2D eigenvalue weighted by Gasteiger charge is -2.44. The monoisotopic (exact) mass is 701 g/mol. The summed E-state index contributed by atoms with van der Waals surface area (Å²) in [4.78, 5) is 39.3. The molecule has 2 heterocycles. The van der Waals surface area contributed by atoms with Gasteiger partial charge in [0.1, 0.15) is 37.1 Å². The maximum Gasteiger partial charge on any atom is 0.389 e. The maximum atomic E-state index is 13.1. The van der Waals surface area contributed by atoms with E-state index in [0.29, 0.717) is 12.1 Å². The SMILES string of the molecule is Cc1cn([C@H]2C[C@H](OP(O)O[N+](CCC#N)(C(C)C)C(C)C)[C@@H]([C@@H](O)C(c3ccccc3)(c3ccccc3)c3ccccc3)O2)c(=O)[nH]c1=O. The molecule has 1 fully saturated rings. The van der Waals surface area contributed by atoms with Crippen LogP contribution in [0.4, 0.5) is 0 Å². The number of aryl methyl sites for hydroxylation is 1. The lowest BCUT2D eigenvalue weighted by molar-refractivity contribution is -1.11. The van der Waals surface area contributed by atoms with Crippen molar-refractivity contribution in [3.05, 3.63) is 140 Å². The number of benzene rings is 3. The van der Waals surface area contributed by atoms with E-state index in [4.69, 9.17) is 13.9 Å². The molecule has 0 spiro atoms. The third-order valence-corrected chi connectivity index (χ3v) is 10.7. The van der Waals surface area contributed by atoms with Crippen molar-refractivity contribution in [3.63, 3.8) is 0 Å². The highest BCUT2D eigenvalue weighted by atomic mass is 31.2. The standard InChI is InChI=1S/C38H45N4O7P/c1-26(2)42(27(3)4,23-15-22-39)49-50(46)48-32-24-33(41-25-28(5)36(44)40-37(41)45)47-34(32)35(43)38(29-16-9-6-10-17-29,30-18-11-7-12-19-30)31-20-13-8-14-21-31/h6-14,16-21,25-27,32-35,43,46H,15,23-24H2,1-5H3/p+1/t32-,33+,34-,35+,50?/m0/s1. The van der Waals surface area contributed by atoms with Crippen LogP contribution in [0.25, 0.3) is 0 Å². The fourth-order valence-electron chi connectivity index (χ4n) is 7.21. The Morgan fingerprint density at radius 1 is 0.960 bits per heavy atom. The van der Waals surface area contributed by atoms with E-state index in [2.05, 4.69) is 11.1 Å². The molecule has 4 aromatic rings. The Balaban J connectivity index is 1.64. The molecule has 1 aliphatic rings. The molecule has 3 aromatic carbocycles. The number of aliphatic hydroxyl groups is 1. The maximum absolute atomic E-state index is 13.1. The van der Waals surface area contributed by atoms with Gasteiger partial charge in [-0.3, -0.25) is 14.3 Å². The van der Waals surface area contributed by atoms with Gasteiger partial charge >= 0.3 is 14.3 Å². The van der Waals surface area contributed by atoms with Crippen LogP contribution in [0, 0.1) is 18.3 Å². The Morgan fingerprint density at radius 3 is 1.92 bits per heavy atom. The van der Waals surface area contributed by atoms with Crippen LogP contribution in [-0.2, 0) is 19.3 Å². The van der Waals surface area contributed by atoms with E-state index in [1.165, 1.54) is 10.8 Å². The van der Waals surface area contributed by atoms with E-state index in [9.17, 15) is 24.9 Å². The van der Waals surface area contributed by atoms with Crippen molar-refractivity contribution in [1.29, 1.82) is 5.26 Å². The molecule has 0 amide bonds. The first kappa shape index (κ1) is 37.3. The molecule has 0 saturated carbocycles. The number of aromatic amines is 1. The largest absolute Gasteiger partial charge is 0.389 e. The Labute approximate surface area is 293 Å². The number of hydrogen-bond acceptors (Lipinski definition) is 8. The van der Waals surface area contributed by atoms with Gasteiger partial charge in [-0.25, -0.2) is 4.79 Å². The smallest absolute Gasteiger partial charge is 0.389 e. The molecule has 3 N–H and O–H groups in total. The molecule has 264 valence electrons. The number of aliphatic hydroxyl groups excluding tert-OH is 1. The highest BCUT2D eigenvalue weighted by Crippen LogP contribution is 2.50. The van der Waals surface area contributed by atoms with Crippen molar-refractivity contribution in [2.45, 2.75) is 89.5 Å². The first-order chi connectivity index (χ1) is 23.9. The average molecular weight is 702 g/mol. The molecule has 1 aromatic heterocycles. The molecule has 1 saturated heterocycles. The summed E-state index contributed by atoms with van der Waals surface area (Å²) in [6, 6.07) is 30.9. The van der Waals surface area contributed by atoms with E-state index < -0.39 is 49.8 Å². The number of H-pyrrole nitrogens is 1. The van der Waals surface area contributed by atoms with Crippen LogP contribution in [0.5, 0.6) is 0 Å². The number of nitrogens with zero attached hydrogens (tertiary/aromatic N) is 3. The molecule has 5 rings (SSSR count). The van der Waals surface area contributed by atoms with Gasteiger partial charge in [0.25, 0.3) is 5.56 Å². The normalized spacial score (nSPS) is 19.4. The second-order valence-electron chi connectivity index (χ2n) is 13.3. The zero-order valence-corrected chi connectivity index (χ0v) is 29.9. The summed E-state index contributed by atoms with van der Waals surface area (Å²) in [6.45, 7) is 9.75. The zero-order valence-electron chi connectivity index (χ0n) is 29.0. The van der Waals surface area contributed by atoms with Crippen LogP contribution in [0.3, 0.4) is 0 Å². The molecular weight excluding hydrogens is 655 g/mol. The zero-order chi connectivity index (χ0) is 36.1. The summed E-state index contributed by atoms with van der Waals surface area (Å²) in [6.07, 6.45) is -2.70. The summed E-state index contributed by atoms with van der Waals surface area (Å²) in [7, 11) is -2.59. The van der Waals surface area contributed by atoms with Crippen LogP contribution in [-0.4, -0.2) is 61.1 Å². The molecule has 5 atom stereocenters. The average Bonchev–Trinajstić information content (AvgIpc) is 3.52. The minimum atomic E-state index is -2.59.